The van der Waals surface area contributed by atoms with Gasteiger partial charge >= 0.3 is 0 Å². The van der Waals surface area contributed by atoms with Gasteiger partial charge in [0.15, 0.2) is 0 Å². The predicted octanol–water partition coefficient (Wildman–Crippen LogP) is 0.711. The van der Waals surface area contributed by atoms with Gasteiger partial charge in [-0.15, -0.1) is 0 Å². The zero-order valence-electron chi connectivity index (χ0n) is 8.40. The van der Waals surface area contributed by atoms with Crippen LogP contribution in [0.25, 0.3) is 4.72 Å². The zero-order valence-corrected chi connectivity index (χ0v) is 9.22. The molecule has 1 aromatic rings. The molecule has 0 heterocycles. The monoisotopic (exact) mass is 232 g/mol. The Morgan fingerprint density at radius 1 is 1.47 bits per heavy atom. The summed E-state index contributed by atoms with van der Waals surface area (Å²) in [6.45, 7) is 1.96. The third-order valence-electron chi connectivity index (χ3n) is 1.74. The summed E-state index contributed by atoms with van der Waals surface area (Å²) in [6.07, 6.45) is 0. The van der Waals surface area contributed by atoms with E-state index in [1.54, 1.807) is 13.0 Å². The molecule has 0 atom stereocenters. The molecule has 0 saturated carbocycles. The van der Waals surface area contributed by atoms with Crippen LogP contribution in [0.2, 0.25) is 0 Å². The Labute approximate surface area is 88.3 Å². The second-order valence-electron chi connectivity index (χ2n) is 3.19. The van der Waals surface area contributed by atoms with Crippen molar-refractivity contribution >= 4 is 15.7 Å². The fourth-order valence-electron chi connectivity index (χ4n) is 1.07. The fraction of sp³-hybridized carbons (Fsp3) is 0.333. The van der Waals surface area contributed by atoms with E-state index >= 15 is 0 Å². The van der Waals surface area contributed by atoms with Gasteiger partial charge in [0, 0.05) is 0 Å². The third-order valence-corrected chi connectivity index (χ3v) is 3.02. The molecule has 0 unspecified atom stereocenters. The molecule has 6 heteroatoms. The van der Waals surface area contributed by atoms with E-state index in [0.29, 0.717) is 0 Å². The summed E-state index contributed by atoms with van der Waals surface area (Å²) >= 11 is 0. The predicted molar refractivity (Wildman–Crippen MR) is 55.7 cm³/mol. The Balaban J connectivity index is 2.94. The number of benzene rings is 1. The highest BCUT2D eigenvalue weighted by Crippen LogP contribution is 2.26. The highest BCUT2D eigenvalue weighted by molar-refractivity contribution is 7.94. The van der Waals surface area contributed by atoms with Crippen LogP contribution in [0.5, 0.6) is 0 Å². The number of halogens is 1. The molecule has 0 aromatic heterocycles. The summed E-state index contributed by atoms with van der Waals surface area (Å²) in [5.74, 6) is -0.798. The molecule has 0 spiro atoms. The minimum absolute atomic E-state index is 0.136. The van der Waals surface area contributed by atoms with Crippen LogP contribution >= 0.6 is 0 Å². The van der Waals surface area contributed by atoms with Crippen molar-refractivity contribution in [2.24, 2.45) is 0 Å². The van der Waals surface area contributed by atoms with Gasteiger partial charge in [-0.2, -0.15) is 0 Å². The molecule has 0 radical (unpaired) electrons. The quantitative estimate of drug-likeness (QED) is 0.830. The molecule has 1 aromatic carbocycles. The maximum absolute atomic E-state index is 13.2. The molecule has 0 fully saturated rings. The van der Waals surface area contributed by atoms with E-state index in [4.69, 9.17) is 0 Å². The van der Waals surface area contributed by atoms with E-state index in [9.17, 15) is 12.8 Å². The summed E-state index contributed by atoms with van der Waals surface area (Å²) in [5.41, 5.74) is 4.05. The Bertz CT molecular complexity index is 445. The van der Waals surface area contributed by atoms with Crippen molar-refractivity contribution in [3.05, 3.63) is 34.3 Å². The number of hydrogen-bond acceptors (Lipinski definition) is 2. The van der Waals surface area contributed by atoms with Gasteiger partial charge in [0.1, 0.15) is 5.82 Å². The Morgan fingerprint density at radius 3 is 2.73 bits per heavy atom. The van der Waals surface area contributed by atoms with Gasteiger partial charge in [-0.3, -0.25) is 0 Å². The van der Waals surface area contributed by atoms with Crippen LogP contribution in [0.15, 0.2) is 18.2 Å². The van der Waals surface area contributed by atoms with Gasteiger partial charge in [0.2, 0.25) is 0 Å². The van der Waals surface area contributed by atoms with E-state index in [1.165, 1.54) is 12.1 Å². The smallest absolute Gasteiger partial charge is 0.109 e. The first-order valence-electron chi connectivity index (χ1n) is 4.46. The molecular weight excluding hydrogens is 219 g/mol. The van der Waals surface area contributed by atoms with E-state index in [2.05, 4.69) is 10.5 Å². The third kappa shape index (κ3) is 3.49. The van der Waals surface area contributed by atoms with Crippen molar-refractivity contribution in [1.29, 1.82) is 0 Å². The van der Waals surface area contributed by atoms with Crippen LogP contribution in [0.3, 0.4) is 0 Å². The standard InChI is InChI=1S/C9H12FN2O2S/c1-7-2-3-8(10)9(6-7)12-15(13,14)5-4-11/h2-3,6H,4-5,11H2,1H3/q-1/p+1. The molecule has 3 N–H and O–H groups in total. The lowest BCUT2D eigenvalue weighted by Crippen LogP contribution is -2.52. The molecule has 0 bridgehead atoms. The molecule has 1 rings (SSSR count). The second kappa shape index (κ2) is 4.59. The van der Waals surface area contributed by atoms with Gasteiger partial charge in [0.05, 0.1) is 22.3 Å². The van der Waals surface area contributed by atoms with E-state index in [0.717, 1.165) is 5.56 Å². The van der Waals surface area contributed by atoms with Gasteiger partial charge in [-0.25, -0.2) is 12.8 Å². The SMILES string of the molecule is Cc1ccc(F)c([N-]S(=O)(=O)CC[NH3+])c1. The van der Waals surface area contributed by atoms with Crippen LogP contribution in [-0.2, 0) is 10.0 Å². The largest absolute Gasteiger partial charge is 0.574 e. The lowest BCUT2D eigenvalue weighted by molar-refractivity contribution is -0.360. The Morgan fingerprint density at radius 2 is 2.13 bits per heavy atom. The summed E-state index contributed by atoms with van der Waals surface area (Å²) < 4.78 is 39.1. The topological polar surface area (TPSA) is 75.9 Å². The number of quaternary nitrogens is 1. The highest BCUT2D eigenvalue weighted by atomic mass is 32.2. The highest BCUT2D eigenvalue weighted by Gasteiger charge is 2.02. The van der Waals surface area contributed by atoms with Crippen LogP contribution < -0.4 is 5.73 Å². The zero-order chi connectivity index (χ0) is 11.5. The summed E-state index contributed by atoms with van der Waals surface area (Å²) in [5, 5.41) is 0. The van der Waals surface area contributed by atoms with Gasteiger partial charge < -0.3 is 10.5 Å². The van der Waals surface area contributed by atoms with Crippen molar-refractivity contribution < 1.29 is 18.5 Å². The maximum atomic E-state index is 13.2. The minimum atomic E-state index is -3.60. The molecule has 15 heavy (non-hydrogen) atoms. The normalized spacial score (nSPS) is 11.4. The van der Waals surface area contributed by atoms with E-state index in [1.807, 2.05) is 0 Å². The Kier molecular flexibility index (Phi) is 3.65. The molecular formula is C9H13FN2O2S. The molecule has 0 aliphatic carbocycles. The van der Waals surface area contributed by atoms with Crippen molar-refractivity contribution in [3.8, 4) is 0 Å². The molecule has 0 saturated heterocycles. The average Bonchev–Trinajstić information content (AvgIpc) is 2.10. The van der Waals surface area contributed by atoms with Crippen molar-refractivity contribution in [2.75, 3.05) is 12.3 Å². The second-order valence-corrected chi connectivity index (χ2v) is 4.94. The first kappa shape index (κ1) is 11.9. The van der Waals surface area contributed by atoms with Crippen molar-refractivity contribution in [3.63, 3.8) is 0 Å². The number of sulfonamides is 1. The molecule has 0 aliphatic heterocycles. The minimum Gasteiger partial charge on any atom is -0.574 e. The van der Waals surface area contributed by atoms with Crippen molar-refractivity contribution in [2.45, 2.75) is 6.92 Å². The van der Waals surface area contributed by atoms with E-state index in [-0.39, 0.29) is 18.0 Å². The summed E-state index contributed by atoms with van der Waals surface area (Å²) in [4.78, 5) is 0. The summed E-state index contributed by atoms with van der Waals surface area (Å²) in [6, 6.07) is 4.16. The first-order valence-corrected chi connectivity index (χ1v) is 6.06. The lowest BCUT2D eigenvalue weighted by Gasteiger charge is -2.21. The number of nitrogens with zero attached hydrogens (tertiary/aromatic N) is 1. The Hall–Kier alpha value is -1.14. The van der Waals surface area contributed by atoms with Gasteiger partial charge in [-0.1, -0.05) is 23.4 Å². The number of hydrogen-bond donors (Lipinski definition) is 1. The van der Waals surface area contributed by atoms with Crippen LogP contribution in [0.1, 0.15) is 5.56 Å². The first-order chi connectivity index (χ1) is 6.94. The number of aryl methyl sites for hydroxylation is 1. The lowest BCUT2D eigenvalue weighted by atomic mass is 10.2. The van der Waals surface area contributed by atoms with Gasteiger partial charge in [-0.05, 0) is 13.0 Å². The average molecular weight is 232 g/mol. The number of rotatable bonds is 4. The van der Waals surface area contributed by atoms with Crippen LogP contribution in [-0.4, -0.2) is 20.7 Å². The van der Waals surface area contributed by atoms with Gasteiger partial charge in [0.25, 0.3) is 0 Å². The van der Waals surface area contributed by atoms with E-state index < -0.39 is 15.8 Å². The van der Waals surface area contributed by atoms with Crippen LogP contribution in [0, 0.1) is 12.7 Å². The summed E-state index contributed by atoms with van der Waals surface area (Å²) in [7, 11) is -3.60. The van der Waals surface area contributed by atoms with Crippen LogP contribution in [0.4, 0.5) is 10.1 Å². The fourth-order valence-corrected chi connectivity index (χ4v) is 1.97. The van der Waals surface area contributed by atoms with Crippen molar-refractivity contribution in [1.82, 2.24) is 0 Å². The molecule has 4 nitrogen and oxygen atoms in total. The molecule has 84 valence electrons. The molecule has 0 aliphatic rings. The maximum Gasteiger partial charge on any atom is 0.109 e. The molecule has 0 amide bonds.